The van der Waals surface area contributed by atoms with Gasteiger partial charge in [0.15, 0.2) is 0 Å². The molecule has 0 aliphatic heterocycles. The van der Waals surface area contributed by atoms with Crippen LogP contribution >= 0.6 is 0 Å². The zero-order valence-corrected chi connectivity index (χ0v) is 11.3. The molecule has 0 saturated carbocycles. The molecule has 1 aromatic rings. The summed E-state index contributed by atoms with van der Waals surface area (Å²) in [5, 5.41) is 6.08. The second-order valence-corrected chi connectivity index (χ2v) is 4.17. The predicted octanol–water partition coefficient (Wildman–Crippen LogP) is 2.41. The molecule has 4 nitrogen and oxygen atoms in total. The molecular weight excluding hydrogens is 228 g/mol. The van der Waals surface area contributed by atoms with Crippen LogP contribution in [0.5, 0.6) is 5.75 Å². The van der Waals surface area contributed by atoms with E-state index in [2.05, 4.69) is 10.6 Å². The van der Waals surface area contributed by atoms with Gasteiger partial charge in [-0.1, -0.05) is 13.0 Å². The third-order valence-electron chi connectivity index (χ3n) is 2.47. The van der Waals surface area contributed by atoms with Crippen molar-refractivity contribution in [2.75, 3.05) is 18.5 Å². The zero-order chi connectivity index (χ0) is 13.4. The van der Waals surface area contributed by atoms with Gasteiger partial charge in [0.1, 0.15) is 5.75 Å². The molecule has 1 aromatic carbocycles. The Hall–Kier alpha value is -1.55. The molecular formula is C14H22N2O2. The van der Waals surface area contributed by atoms with Gasteiger partial charge in [0.2, 0.25) is 5.91 Å². The first-order valence-corrected chi connectivity index (χ1v) is 6.41. The van der Waals surface area contributed by atoms with E-state index in [1.807, 2.05) is 45.0 Å². The molecule has 1 rings (SSSR count). The number of hydrogen-bond acceptors (Lipinski definition) is 3. The van der Waals surface area contributed by atoms with Gasteiger partial charge in [-0.2, -0.15) is 0 Å². The molecule has 1 atom stereocenters. The Balaban J connectivity index is 2.50. The van der Waals surface area contributed by atoms with Gasteiger partial charge >= 0.3 is 0 Å². The number of anilines is 1. The fourth-order valence-corrected chi connectivity index (χ4v) is 1.74. The Labute approximate surface area is 109 Å². The first kappa shape index (κ1) is 14.5. The number of ether oxygens (including phenoxy) is 1. The Morgan fingerprint density at radius 1 is 1.39 bits per heavy atom. The van der Waals surface area contributed by atoms with Crippen molar-refractivity contribution < 1.29 is 9.53 Å². The molecule has 0 aliphatic carbocycles. The van der Waals surface area contributed by atoms with Crippen molar-refractivity contribution in [1.29, 1.82) is 0 Å². The quantitative estimate of drug-likeness (QED) is 0.781. The van der Waals surface area contributed by atoms with E-state index >= 15 is 0 Å². The van der Waals surface area contributed by atoms with Crippen molar-refractivity contribution in [3.05, 3.63) is 24.3 Å². The summed E-state index contributed by atoms with van der Waals surface area (Å²) in [6.45, 7) is 7.45. The van der Waals surface area contributed by atoms with E-state index in [-0.39, 0.29) is 11.9 Å². The molecule has 18 heavy (non-hydrogen) atoms. The second-order valence-electron chi connectivity index (χ2n) is 4.17. The first-order chi connectivity index (χ1) is 8.65. The van der Waals surface area contributed by atoms with Crippen LogP contribution < -0.4 is 15.4 Å². The van der Waals surface area contributed by atoms with Crippen molar-refractivity contribution in [1.82, 2.24) is 5.32 Å². The van der Waals surface area contributed by atoms with Gasteiger partial charge in [0.05, 0.1) is 6.61 Å². The molecule has 0 saturated heterocycles. The highest BCUT2D eigenvalue weighted by molar-refractivity contribution is 5.91. The Bertz CT molecular complexity index is 380. The van der Waals surface area contributed by atoms with E-state index in [1.54, 1.807) is 0 Å². The lowest BCUT2D eigenvalue weighted by molar-refractivity contribution is -0.116. The second kappa shape index (κ2) is 7.71. The summed E-state index contributed by atoms with van der Waals surface area (Å²) in [6, 6.07) is 7.62. The highest BCUT2D eigenvalue weighted by Gasteiger charge is 2.08. The number of carbonyl (C=O) groups excluding carboxylic acids is 1. The van der Waals surface area contributed by atoms with Gasteiger partial charge in [0.25, 0.3) is 0 Å². The summed E-state index contributed by atoms with van der Waals surface area (Å²) in [6.07, 6.45) is 0.465. The maximum absolute atomic E-state index is 11.8. The van der Waals surface area contributed by atoms with Crippen molar-refractivity contribution in [3.63, 3.8) is 0 Å². The van der Waals surface area contributed by atoms with Crippen LogP contribution in [-0.2, 0) is 4.79 Å². The number of nitrogens with one attached hydrogen (secondary N) is 2. The monoisotopic (exact) mass is 250 g/mol. The number of rotatable bonds is 7. The van der Waals surface area contributed by atoms with Crippen LogP contribution in [0.25, 0.3) is 0 Å². The number of hydrogen-bond donors (Lipinski definition) is 2. The van der Waals surface area contributed by atoms with Gasteiger partial charge < -0.3 is 15.4 Å². The molecule has 4 heteroatoms. The number of benzene rings is 1. The van der Waals surface area contributed by atoms with E-state index in [0.29, 0.717) is 13.0 Å². The van der Waals surface area contributed by atoms with Crippen LogP contribution in [0.1, 0.15) is 27.2 Å². The van der Waals surface area contributed by atoms with E-state index in [9.17, 15) is 4.79 Å². The van der Waals surface area contributed by atoms with Gasteiger partial charge in [-0.05, 0) is 32.5 Å². The molecule has 0 heterocycles. The third-order valence-corrected chi connectivity index (χ3v) is 2.47. The van der Waals surface area contributed by atoms with Crippen LogP contribution in [0.2, 0.25) is 0 Å². The summed E-state index contributed by atoms with van der Waals surface area (Å²) in [5.74, 6) is 0.784. The van der Waals surface area contributed by atoms with Crippen molar-refractivity contribution in [2.24, 2.45) is 0 Å². The van der Waals surface area contributed by atoms with E-state index < -0.39 is 0 Å². The lowest BCUT2D eigenvalue weighted by Gasteiger charge is -2.12. The molecule has 2 N–H and O–H groups in total. The summed E-state index contributed by atoms with van der Waals surface area (Å²) >= 11 is 0. The average Bonchev–Trinajstić information content (AvgIpc) is 2.29. The van der Waals surface area contributed by atoms with E-state index in [4.69, 9.17) is 4.74 Å². The maximum atomic E-state index is 11.8. The zero-order valence-electron chi connectivity index (χ0n) is 11.3. The first-order valence-electron chi connectivity index (χ1n) is 6.41. The average molecular weight is 250 g/mol. The Morgan fingerprint density at radius 3 is 2.83 bits per heavy atom. The lowest BCUT2D eigenvalue weighted by atomic mass is 10.2. The minimum absolute atomic E-state index is 0.0112. The molecule has 0 fully saturated rings. The number of carbonyl (C=O) groups is 1. The fourth-order valence-electron chi connectivity index (χ4n) is 1.74. The summed E-state index contributed by atoms with van der Waals surface area (Å²) in [5.41, 5.74) is 0.773. The SMILES string of the molecule is CCNC(C)CC(=O)Nc1cccc(OCC)c1. The highest BCUT2D eigenvalue weighted by Crippen LogP contribution is 2.17. The highest BCUT2D eigenvalue weighted by atomic mass is 16.5. The Morgan fingerprint density at radius 2 is 2.17 bits per heavy atom. The maximum Gasteiger partial charge on any atom is 0.225 e. The minimum Gasteiger partial charge on any atom is -0.494 e. The van der Waals surface area contributed by atoms with E-state index in [1.165, 1.54) is 0 Å². The third kappa shape index (κ3) is 5.19. The van der Waals surface area contributed by atoms with Gasteiger partial charge in [-0.25, -0.2) is 0 Å². The molecule has 0 bridgehead atoms. The standard InChI is InChI=1S/C14H22N2O2/c1-4-15-11(3)9-14(17)16-12-7-6-8-13(10-12)18-5-2/h6-8,10-11,15H,4-5,9H2,1-3H3,(H,16,17). The fraction of sp³-hybridized carbons (Fsp3) is 0.500. The molecule has 0 radical (unpaired) electrons. The predicted molar refractivity (Wildman–Crippen MR) is 74.0 cm³/mol. The van der Waals surface area contributed by atoms with Crippen LogP contribution in [0.3, 0.4) is 0 Å². The normalized spacial score (nSPS) is 11.9. The summed E-state index contributed by atoms with van der Waals surface area (Å²) < 4.78 is 5.38. The molecule has 0 aromatic heterocycles. The minimum atomic E-state index is 0.0112. The van der Waals surface area contributed by atoms with Crippen molar-refractivity contribution in [2.45, 2.75) is 33.2 Å². The number of amides is 1. The molecule has 100 valence electrons. The van der Waals surface area contributed by atoms with Gasteiger partial charge in [0, 0.05) is 24.2 Å². The van der Waals surface area contributed by atoms with Crippen molar-refractivity contribution in [3.8, 4) is 5.75 Å². The van der Waals surface area contributed by atoms with Crippen LogP contribution in [-0.4, -0.2) is 25.1 Å². The summed E-state index contributed by atoms with van der Waals surface area (Å²) in [7, 11) is 0. The summed E-state index contributed by atoms with van der Waals surface area (Å²) in [4.78, 5) is 11.8. The van der Waals surface area contributed by atoms with E-state index in [0.717, 1.165) is 18.0 Å². The smallest absolute Gasteiger partial charge is 0.225 e. The topological polar surface area (TPSA) is 50.4 Å². The van der Waals surface area contributed by atoms with Crippen LogP contribution in [0.4, 0.5) is 5.69 Å². The molecule has 1 unspecified atom stereocenters. The molecule has 0 spiro atoms. The van der Waals surface area contributed by atoms with Gasteiger partial charge in [-0.15, -0.1) is 0 Å². The molecule has 0 aliphatic rings. The van der Waals surface area contributed by atoms with Crippen LogP contribution in [0, 0.1) is 0 Å². The van der Waals surface area contributed by atoms with Crippen LogP contribution in [0.15, 0.2) is 24.3 Å². The van der Waals surface area contributed by atoms with Gasteiger partial charge in [-0.3, -0.25) is 4.79 Å². The largest absolute Gasteiger partial charge is 0.494 e. The van der Waals surface area contributed by atoms with Crippen molar-refractivity contribution >= 4 is 11.6 Å². The Kier molecular flexibility index (Phi) is 6.22. The lowest BCUT2D eigenvalue weighted by Crippen LogP contribution is -2.30. The molecule has 1 amide bonds.